The maximum absolute atomic E-state index is 12.4. The van der Waals surface area contributed by atoms with Crippen LogP contribution in [0.5, 0.6) is 0 Å². The van der Waals surface area contributed by atoms with Crippen molar-refractivity contribution in [2.45, 2.75) is 6.54 Å². The van der Waals surface area contributed by atoms with Crippen LogP contribution in [0.3, 0.4) is 0 Å². The lowest BCUT2D eigenvalue weighted by molar-refractivity contribution is -0.384. The molecule has 1 aromatic heterocycles. The van der Waals surface area contributed by atoms with E-state index in [-0.39, 0.29) is 16.5 Å². The summed E-state index contributed by atoms with van der Waals surface area (Å²) in [6, 6.07) is 10.2. The number of nitro groups is 1. The number of rotatable bonds is 4. The van der Waals surface area contributed by atoms with Crippen molar-refractivity contribution in [1.82, 2.24) is 14.8 Å². The Morgan fingerprint density at radius 1 is 1.17 bits per heavy atom. The molecule has 0 N–H and O–H groups in total. The number of carbonyl (C=O) groups is 1. The third kappa shape index (κ3) is 3.75. The summed E-state index contributed by atoms with van der Waals surface area (Å²) in [7, 11) is 0. The summed E-state index contributed by atoms with van der Waals surface area (Å²) in [6.45, 7) is 3.42. The van der Waals surface area contributed by atoms with Gasteiger partial charge < -0.3 is 4.90 Å². The van der Waals surface area contributed by atoms with Gasteiger partial charge in [-0.1, -0.05) is 12.1 Å². The molecule has 1 aromatic carbocycles. The average molecular weight is 326 g/mol. The lowest BCUT2D eigenvalue weighted by Gasteiger charge is -2.34. The van der Waals surface area contributed by atoms with Crippen LogP contribution in [0.4, 0.5) is 5.69 Å². The van der Waals surface area contributed by atoms with Crippen molar-refractivity contribution >= 4 is 11.6 Å². The van der Waals surface area contributed by atoms with Gasteiger partial charge in [0.1, 0.15) is 0 Å². The van der Waals surface area contributed by atoms with Crippen molar-refractivity contribution in [1.29, 1.82) is 0 Å². The molecule has 1 aliphatic rings. The number of aromatic nitrogens is 1. The standard InChI is InChI=1S/C17H18N4O3/c22-17(15-4-2-6-18-12-15)20-9-7-19(8-10-20)13-14-3-1-5-16(11-14)21(23)24/h1-6,11-12H,7-10,13H2. The van der Waals surface area contributed by atoms with Crippen LogP contribution in [0.25, 0.3) is 0 Å². The number of hydrogen-bond donors (Lipinski definition) is 0. The molecular formula is C17H18N4O3. The van der Waals surface area contributed by atoms with E-state index in [9.17, 15) is 14.9 Å². The van der Waals surface area contributed by atoms with Gasteiger partial charge in [-0.15, -0.1) is 0 Å². The molecule has 1 fully saturated rings. The predicted octanol–water partition coefficient (Wildman–Crippen LogP) is 1.95. The third-order valence-corrected chi connectivity index (χ3v) is 4.10. The number of piperazine rings is 1. The second kappa shape index (κ2) is 7.18. The minimum absolute atomic E-state index is 0.00176. The number of amides is 1. The molecule has 2 heterocycles. The number of nitro benzene ring substituents is 1. The molecule has 0 unspecified atom stereocenters. The highest BCUT2D eigenvalue weighted by molar-refractivity contribution is 5.93. The molecule has 3 rings (SSSR count). The van der Waals surface area contributed by atoms with E-state index >= 15 is 0 Å². The Labute approximate surface area is 139 Å². The first kappa shape index (κ1) is 16.1. The van der Waals surface area contributed by atoms with E-state index in [2.05, 4.69) is 9.88 Å². The fourth-order valence-corrected chi connectivity index (χ4v) is 2.81. The molecule has 7 heteroatoms. The molecular weight excluding hydrogens is 308 g/mol. The molecule has 0 radical (unpaired) electrons. The molecule has 1 saturated heterocycles. The molecule has 1 amide bonds. The molecule has 0 bridgehead atoms. The van der Waals surface area contributed by atoms with Crippen LogP contribution in [0.2, 0.25) is 0 Å². The fraction of sp³-hybridized carbons (Fsp3) is 0.294. The maximum atomic E-state index is 12.4. The number of carbonyl (C=O) groups excluding carboxylic acids is 1. The van der Waals surface area contributed by atoms with Crippen LogP contribution in [-0.4, -0.2) is 51.8 Å². The Kier molecular flexibility index (Phi) is 4.81. The molecule has 7 nitrogen and oxygen atoms in total. The molecule has 1 aliphatic heterocycles. The van der Waals surface area contributed by atoms with Crippen LogP contribution >= 0.6 is 0 Å². The fourth-order valence-electron chi connectivity index (χ4n) is 2.81. The van der Waals surface area contributed by atoms with Crippen molar-refractivity contribution in [2.24, 2.45) is 0 Å². The largest absolute Gasteiger partial charge is 0.336 e. The van der Waals surface area contributed by atoms with Gasteiger partial charge in [0.2, 0.25) is 0 Å². The van der Waals surface area contributed by atoms with Crippen LogP contribution in [-0.2, 0) is 6.54 Å². The Morgan fingerprint density at radius 3 is 2.62 bits per heavy atom. The zero-order valence-corrected chi connectivity index (χ0v) is 13.2. The second-order valence-electron chi connectivity index (χ2n) is 5.74. The van der Waals surface area contributed by atoms with E-state index in [4.69, 9.17) is 0 Å². The van der Waals surface area contributed by atoms with Crippen LogP contribution in [0.1, 0.15) is 15.9 Å². The predicted molar refractivity (Wildman–Crippen MR) is 88.5 cm³/mol. The zero-order valence-electron chi connectivity index (χ0n) is 13.2. The Balaban J connectivity index is 1.56. The summed E-state index contributed by atoms with van der Waals surface area (Å²) in [6.07, 6.45) is 3.23. The number of benzene rings is 1. The highest BCUT2D eigenvalue weighted by atomic mass is 16.6. The van der Waals surface area contributed by atoms with Crippen molar-refractivity contribution in [3.05, 3.63) is 70.0 Å². The SMILES string of the molecule is O=C(c1cccnc1)N1CCN(Cc2cccc([N+](=O)[O-])c2)CC1. The molecule has 124 valence electrons. The first-order valence-corrected chi connectivity index (χ1v) is 7.78. The highest BCUT2D eigenvalue weighted by Crippen LogP contribution is 2.16. The summed E-state index contributed by atoms with van der Waals surface area (Å²) >= 11 is 0. The maximum Gasteiger partial charge on any atom is 0.269 e. The van der Waals surface area contributed by atoms with Gasteiger partial charge in [-0.2, -0.15) is 0 Å². The highest BCUT2D eigenvalue weighted by Gasteiger charge is 2.22. The monoisotopic (exact) mass is 326 g/mol. The van der Waals surface area contributed by atoms with Crippen molar-refractivity contribution in [3.8, 4) is 0 Å². The summed E-state index contributed by atoms with van der Waals surface area (Å²) in [5.74, 6) is -0.00176. The summed E-state index contributed by atoms with van der Waals surface area (Å²) in [5.41, 5.74) is 1.62. The summed E-state index contributed by atoms with van der Waals surface area (Å²) < 4.78 is 0. The number of non-ortho nitro benzene ring substituents is 1. The lowest BCUT2D eigenvalue weighted by atomic mass is 10.1. The smallest absolute Gasteiger partial charge is 0.269 e. The quantitative estimate of drug-likeness (QED) is 0.634. The van der Waals surface area contributed by atoms with Gasteiger partial charge in [0.05, 0.1) is 10.5 Å². The van der Waals surface area contributed by atoms with Gasteiger partial charge >= 0.3 is 0 Å². The number of hydrogen-bond acceptors (Lipinski definition) is 5. The first-order valence-electron chi connectivity index (χ1n) is 7.78. The van der Waals surface area contributed by atoms with E-state index in [1.54, 1.807) is 36.7 Å². The van der Waals surface area contributed by atoms with E-state index in [1.165, 1.54) is 6.07 Å². The van der Waals surface area contributed by atoms with E-state index in [1.807, 2.05) is 11.0 Å². The first-order chi connectivity index (χ1) is 11.6. The molecule has 0 spiro atoms. The van der Waals surface area contributed by atoms with Gasteiger partial charge in [0.15, 0.2) is 0 Å². The van der Waals surface area contributed by atoms with Crippen molar-refractivity contribution < 1.29 is 9.72 Å². The zero-order chi connectivity index (χ0) is 16.9. The molecule has 0 saturated carbocycles. The number of pyridine rings is 1. The van der Waals surface area contributed by atoms with Crippen molar-refractivity contribution in [3.63, 3.8) is 0 Å². The Bertz CT molecular complexity index is 728. The normalized spacial score (nSPS) is 15.2. The van der Waals surface area contributed by atoms with E-state index in [0.717, 1.165) is 18.7 Å². The Morgan fingerprint density at radius 2 is 1.96 bits per heavy atom. The third-order valence-electron chi connectivity index (χ3n) is 4.10. The Hall–Kier alpha value is -2.80. The topological polar surface area (TPSA) is 79.6 Å². The van der Waals surface area contributed by atoms with Gasteiger partial charge in [0.25, 0.3) is 11.6 Å². The summed E-state index contributed by atoms with van der Waals surface area (Å²) in [4.78, 5) is 30.8. The molecule has 24 heavy (non-hydrogen) atoms. The second-order valence-corrected chi connectivity index (χ2v) is 5.74. The lowest BCUT2D eigenvalue weighted by Crippen LogP contribution is -2.48. The van der Waals surface area contributed by atoms with E-state index in [0.29, 0.717) is 25.2 Å². The summed E-state index contributed by atoms with van der Waals surface area (Å²) in [5, 5.41) is 10.8. The van der Waals surface area contributed by atoms with Gasteiger partial charge in [-0.25, -0.2) is 0 Å². The van der Waals surface area contributed by atoms with Gasteiger partial charge in [-0.05, 0) is 17.7 Å². The number of nitrogens with zero attached hydrogens (tertiary/aromatic N) is 4. The van der Waals surface area contributed by atoms with Gasteiger partial charge in [0, 0.05) is 57.3 Å². The molecule has 0 atom stereocenters. The minimum Gasteiger partial charge on any atom is -0.336 e. The minimum atomic E-state index is -0.381. The van der Waals surface area contributed by atoms with Crippen molar-refractivity contribution in [2.75, 3.05) is 26.2 Å². The van der Waals surface area contributed by atoms with Crippen LogP contribution in [0.15, 0.2) is 48.8 Å². The van der Waals surface area contributed by atoms with E-state index < -0.39 is 0 Å². The van der Waals surface area contributed by atoms with Crippen LogP contribution in [0, 0.1) is 10.1 Å². The average Bonchev–Trinajstić information content (AvgIpc) is 2.63. The molecule has 0 aliphatic carbocycles. The van der Waals surface area contributed by atoms with Crippen LogP contribution < -0.4 is 0 Å². The van der Waals surface area contributed by atoms with Gasteiger partial charge in [-0.3, -0.25) is 24.8 Å². The molecule has 2 aromatic rings.